The summed E-state index contributed by atoms with van der Waals surface area (Å²) >= 11 is 0. The smallest absolute Gasteiger partial charge is 0.546 e. The van der Waals surface area contributed by atoms with E-state index in [2.05, 4.69) is 4.74 Å². The number of carbonyl (C=O) groups is 1. The van der Waals surface area contributed by atoms with Crippen LogP contribution in [0.5, 0.6) is 0 Å². The standard InChI is InChI=1S/C10H9F3O3.K/c1-16-9(8(14)15,10(11,12)13)7-5-3-2-4-6-7;/h2-6H,1H3,(H,14,15);/q;+1/p-1/t9-;/m1./s1. The first-order chi connectivity index (χ1) is 7.36. The summed E-state index contributed by atoms with van der Waals surface area (Å²) in [5.74, 6) is -2.34. The fraction of sp³-hybridized carbons (Fsp3) is 0.300. The monoisotopic (exact) mass is 272 g/mol. The Bertz CT molecular complexity index is 380. The van der Waals surface area contributed by atoms with E-state index in [9.17, 15) is 23.1 Å². The molecule has 0 N–H and O–H groups in total. The van der Waals surface area contributed by atoms with Crippen LogP contribution >= 0.6 is 0 Å². The van der Waals surface area contributed by atoms with Gasteiger partial charge in [0.2, 0.25) is 5.60 Å². The number of carboxylic acid groups (broad SMARTS) is 1. The van der Waals surface area contributed by atoms with Crippen LogP contribution in [-0.4, -0.2) is 19.3 Å². The Morgan fingerprint density at radius 3 is 2.00 bits per heavy atom. The molecule has 0 unspecified atom stereocenters. The average molecular weight is 272 g/mol. The summed E-state index contributed by atoms with van der Waals surface area (Å²) in [6, 6.07) is 6.09. The average Bonchev–Trinajstić information content (AvgIpc) is 2.18. The van der Waals surface area contributed by atoms with Gasteiger partial charge in [-0.25, -0.2) is 0 Å². The molecule has 1 aromatic carbocycles. The fourth-order valence-electron chi connectivity index (χ4n) is 1.39. The summed E-state index contributed by atoms with van der Waals surface area (Å²) in [6.07, 6.45) is -5.10. The number of carbonyl (C=O) groups excluding carboxylic acids is 1. The number of carboxylic acids is 1. The molecule has 0 aliphatic heterocycles. The number of aliphatic carboxylic acids is 1. The molecule has 0 amide bonds. The molecule has 1 aromatic rings. The van der Waals surface area contributed by atoms with Crippen LogP contribution in [0.25, 0.3) is 0 Å². The summed E-state index contributed by atoms with van der Waals surface area (Å²) in [7, 11) is 0.677. The normalized spacial score (nSPS) is 14.6. The Kier molecular flexibility index (Phi) is 6.33. The maximum absolute atomic E-state index is 12.8. The van der Waals surface area contributed by atoms with Gasteiger partial charge < -0.3 is 14.6 Å². The largest absolute Gasteiger partial charge is 1.00 e. The van der Waals surface area contributed by atoms with Gasteiger partial charge in [-0.05, 0) is 5.56 Å². The molecule has 0 fully saturated rings. The first-order valence-corrected chi connectivity index (χ1v) is 4.25. The van der Waals surface area contributed by atoms with E-state index in [0.29, 0.717) is 7.11 Å². The summed E-state index contributed by atoms with van der Waals surface area (Å²) < 4.78 is 42.5. The molecule has 0 aliphatic rings. The Balaban J connectivity index is 0.00000256. The molecule has 7 heteroatoms. The Morgan fingerprint density at radius 2 is 1.71 bits per heavy atom. The minimum absolute atomic E-state index is 0. The molecule has 1 rings (SSSR count). The third kappa shape index (κ3) is 3.10. The van der Waals surface area contributed by atoms with Crippen molar-refractivity contribution in [2.24, 2.45) is 0 Å². The quantitative estimate of drug-likeness (QED) is 0.589. The first kappa shape index (κ1) is 17.1. The molecule has 0 saturated heterocycles. The van der Waals surface area contributed by atoms with Gasteiger partial charge in [-0.15, -0.1) is 0 Å². The number of rotatable bonds is 3. The molecular formula is C10H8F3KO3. The molecule has 17 heavy (non-hydrogen) atoms. The van der Waals surface area contributed by atoms with Gasteiger partial charge >= 0.3 is 57.6 Å². The van der Waals surface area contributed by atoms with Gasteiger partial charge in [0.25, 0.3) is 0 Å². The predicted molar refractivity (Wildman–Crippen MR) is 46.2 cm³/mol. The molecule has 0 radical (unpaired) electrons. The van der Waals surface area contributed by atoms with Gasteiger partial charge in [-0.3, -0.25) is 0 Å². The van der Waals surface area contributed by atoms with Crippen LogP contribution in [0.2, 0.25) is 0 Å². The number of hydrogen-bond donors (Lipinski definition) is 0. The zero-order valence-electron chi connectivity index (χ0n) is 9.25. The second-order valence-corrected chi connectivity index (χ2v) is 3.04. The molecule has 0 aromatic heterocycles. The van der Waals surface area contributed by atoms with Crippen molar-refractivity contribution in [3.05, 3.63) is 35.9 Å². The maximum atomic E-state index is 12.8. The first-order valence-electron chi connectivity index (χ1n) is 4.25. The Hall–Kier alpha value is 0.0764. The molecule has 0 spiro atoms. The van der Waals surface area contributed by atoms with Gasteiger partial charge in [0, 0.05) is 7.11 Å². The third-order valence-electron chi connectivity index (χ3n) is 2.17. The van der Waals surface area contributed by atoms with Crippen LogP contribution in [-0.2, 0) is 15.1 Å². The van der Waals surface area contributed by atoms with Crippen LogP contribution in [0, 0.1) is 0 Å². The zero-order chi connectivity index (χ0) is 12.4. The van der Waals surface area contributed by atoms with Gasteiger partial charge in [0.05, 0.1) is 5.97 Å². The number of methoxy groups -OCH3 is 1. The van der Waals surface area contributed by atoms with Crippen molar-refractivity contribution in [2.75, 3.05) is 7.11 Å². The van der Waals surface area contributed by atoms with Crippen molar-refractivity contribution in [2.45, 2.75) is 11.8 Å². The summed E-state index contributed by atoms with van der Waals surface area (Å²) in [4.78, 5) is 10.7. The van der Waals surface area contributed by atoms with E-state index in [0.717, 1.165) is 12.1 Å². The number of ether oxygens (including phenoxy) is 1. The van der Waals surface area contributed by atoms with Gasteiger partial charge in [-0.2, -0.15) is 13.2 Å². The maximum Gasteiger partial charge on any atom is 1.00 e. The molecule has 0 heterocycles. The van der Waals surface area contributed by atoms with E-state index in [4.69, 9.17) is 0 Å². The number of alkyl halides is 3. The minimum atomic E-state index is -5.10. The van der Waals surface area contributed by atoms with E-state index in [1.165, 1.54) is 18.2 Å². The molecule has 0 aliphatic carbocycles. The van der Waals surface area contributed by atoms with Crippen LogP contribution in [0.1, 0.15) is 5.56 Å². The molecule has 88 valence electrons. The van der Waals surface area contributed by atoms with E-state index >= 15 is 0 Å². The van der Waals surface area contributed by atoms with Crippen molar-refractivity contribution in [1.82, 2.24) is 0 Å². The van der Waals surface area contributed by atoms with Crippen molar-refractivity contribution in [3.63, 3.8) is 0 Å². The summed E-state index contributed by atoms with van der Waals surface area (Å²) in [5, 5.41) is 10.7. The zero-order valence-corrected chi connectivity index (χ0v) is 12.4. The number of benzene rings is 1. The molecular weight excluding hydrogens is 264 g/mol. The van der Waals surface area contributed by atoms with Gasteiger partial charge in [-0.1, -0.05) is 30.3 Å². The fourth-order valence-corrected chi connectivity index (χ4v) is 1.39. The van der Waals surface area contributed by atoms with E-state index in [1.807, 2.05) is 0 Å². The third-order valence-corrected chi connectivity index (χ3v) is 2.17. The Morgan fingerprint density at radius 1 is 1.24 bits per heavy atom. The van der Waals surface area contributed by atoms with Crippen LogP contribution in [0.3, 0.4) is 0 Å². The van der Waals surface area contributed by atoms with Crippen molar-refractivity contribution < 1.29 is 79.2 Å². The molecule has 0 saturated carbocycles. The number of hydrogen-bond acceptors (Lipinski definition) is 3. The second-order valence-electron chi connectivity index (χ2n) is 3.04. The van der Waals surface area contributed by atoms with Crippen LogP contribution in [0.15, 0.2) is 30.3 Å². The molecule has 3 nitrogen and oxygen atoms in total. The summed E-state index contributed by atoms with van der Waals surface area (Å²) in [5.41, 5.74) is -3.95. The number of halogens is 3. The molecule has 0 bridgehead atoms. The minimum Gasteiger partial charge on any atom is -0.546 e. The van der Waals surface area contributed by atoms with Crippen molar-refractivity contribution in [3.8, 4) is 0 Å². The van der Waals surface area contributed by atoms with Crippen molar-refractivity contribution in [1.29, 1.82) is 0 Å². The van der Waals surface area contributed by atoms with Crippen LogP contribution < -0.4 is 56.5 Å². The van der Waals surface area contributed by atoms with E-state index < -0.39 is 23.3 Å². The van der Waals surface area contributed by atoms with Crippen LogP contribution in [0.4, 0.5) is 13.2 Å². The van der Waals surface area contributed by atoms with Gasteiger partial charge in [0.1, 0.15) is 0 Å². The van der Waals surface area contributed by atoms with Gasteiger partial charge in [0.15, 0.2) is 0 Å². The predicted octanol–water partition coefficient (Wildman–Crippen LogP) is -2.16. The van der Waals surface area contributed by atoms with Crippen molar-refractivity contribution >= 4 is 5.97 Å². The van der Waals surface area contributed by atoms with E-state index in [1.54, 1.807) is 0 Å². The SMILES string of the molecule is CO[C@@](C(=O)[O-])(c1ccccc1)C(F)(F)F.[K+]. The molecule has 1 atom stereocenters. The van der Waals surface area contributed by atoms with E-state index in [-0.39, 0.29) is 51.4 Å². The topological polar surface area (TPSA) is 49.4 Å². The Labute approximate surface area is 138 Å². The summed E-state index contributed by atoms with van der Waals surface area (Å²) in [6.45, 7) is 0. The second kappa shape index (κ2) is 6.30.